The molecule has 1 unspecified atom stereocenters. The summed E-state index contributed by atoms with van der Waals surface area (Å²) in [5.74, 6) is -1.19. The van der Waals surface area contributed by atoms with Crippen LogP contribution in [0.2, 0.25) is 0 Å². The minimum Gasteiger partial charge on any atom is -0.455 e. The molecule has 1 atom stereocenters. The van der Waals surface area contributed by atoms with Crippen molar-refractivity contribution in [2.45, 2.75) is 32.3 Å². The van der Waals surface area contributed by atoms with Crippen LogP contribution < -0.4 is 0 Å². The molecule has 24 heavy (non-hydrogen) atoms. The summed E-state index contributed by atoms with van der Waals surface area (Å²) < 4.78 is 5.60. The zero-order chi connectivity index (χ0) is 17.7. The molecular formula is C21H22O3. The van der Waals surface area contributed by atoms with E-state index in [4.69, 9.17) is 4.74 Å². The fraction of sp³-hybridized carbons (Fsp3) is 0.238. The Labute approximate surface area is 143 Å². The third-order valence-corrected chi connectivity index (χ3v) is 3.85. The highest BCUT2D eigenvalue weighted by Gasteiger charge is 2.40. The maximum absolute atomic E-state index is 13.1. The monoisotopic (exact) mass is 322 g/mol. The van der Waals surface area contributed by atoms with Crippen molar-refractivity contribution in [3.05, 3.63) is 83.9 Å². The Morgan fingerprint density at radius 3 is 1.96 bits per heavy atom. The fourth-order valence-electron chi connectivity index (χ4n) is 2.67. The van der Waals surface area contributed by atoms with Gasteiger partial charge in [-0.1, -0.05) is 67.2 Å². The Hall–Kier alpha value is -2.68. The normalized spacial score (nSPS) is 12.3. The number of rotatable bonds is 6. The lowest BCUT2D eigenvalue weighted by atomic mass is 9.79. The van der Waals surface area contributed by atoms with Crippen molar-refractivity contribution >= 4 is 11.8 Å². The highest BCUT2D eigenvalue weighted by Crippen LogP contribution is 2.35. The van der Waals surface area contributed by atoms with E-state index >= 15 is 0 Å². The fourth-order valence-corrected chi connectivity index (χ4v) is 2.67. The summed E-state index contributed by atoms with van der Waals surface area (Å²) in [6, 6.07) is 18.4. The Kier molecular flexibility index (Phi) is 5.35. The van der Waals surface area contributed by atoms with Crippen molar-refractivity contribution in [3.8, 4) is 0 Å². The van der Waals surface area contributed by atoms with Crippen LogP contribution in [0.4, 0.5) is 0 Å². The summed E-state index contributed by atoms with van der Waals surface area (Å²) in [6.45, 7) is 8.72. The first-order valence-electron chi connectivity index (χ1n) is 7.86. The summed E-state index contributed by atoms with van der Waals surface area (Å²) in [5.41, 5.74) is 0.698. The van der Waals surface area contributed by atoms with Crippen LogP contribution in [-0.2, 0) is 9.53 Å². The third-order valence-electron chi connectivity index (χ3n) is 3.85. The number of carbonyl (C=O) groups excluding carboxylic acids is 2. The van der Waals surface area contributed by atoms with Gasteiger partial charge in [-0.15, -0.1) is 0 Å². The zero-order valence-electron chi connectivity index (χ0n) is 14.3. The molecule has 2 aromatic rings. The van der Waals surface area contributed by atoms with Gasteiger partial charge in [0, 0.05) is 11.1 Å². The van der Waals surface area contributed by atoms with Gasteiger partial charge in [0.2, 0.25) is 0 Å². The molecule has 0 saturated heterocycles. The maximum Gasteiger partial charge on any atom is 0.333 e. The average Bonchev–Trinajstić information content (AvgIpc) is 2.56. The molecule has 3 nitrogen and oxygen atoms in total. The number of ether oxygens (including phenoxy) is 1. The van der Waals surface area contributed by atoms with Crippen LogP contribution >= 0.6 is 0 Å². The standard InChI is InChI=1S/C21H22O3/c1-15(2)20(23)24-21(3,4)18(16-11-7-5-8-12-16)19(22)17-13-9-6-10-14-17/h5-14,18H,1H2,2-4H3. The van der Waals surface area contributed by atoms with Gasteiger partial charge in [0.1, 0.15) is 5.60 Å². The van der Waals surface area contributed by atoms with Crippen LogP contribution in [0.3, 0.4) is 0 Å². The highest BCUT2D eigenvalue weighted by molar-refractivity contribution is 6.02. The van der Waals surface area contributed by atoms with Crippen molar-refractivity contribution in [2.75, 3.05) is 0 Å². The van der Waals surface area contributed by atoms with Gasteiger partial charge in [-0.3, -0.25) is 4.79 Å². The molecule has 0 saturated carbocycles. The summed E-state index contributed by atoms with van der Waals surface area (Å²) in [6.07, 6.45) is 0. The Balaban J connectivity index is 2.45. The predicted molar refractivity (Wildman–Crippen MR) is 94.9 cm³/mol. The van der Waals surface area contributed by atoms with E-state index in [-0.39, 0.29) is 5.78 Å². The molecule has 0 aliphatic rings. The number of hydrogen-bond donors (Lipinski definition) is 0. The van der Waals surface area contributed by atoms with Crippen LogP contribution in [0.25, 0.3) is 0 Å². The van der Waals surface area contributed by atoms with Gasteiger partial charge in [0.25, 0.3) is 0 Å². The molecule has 0 amide bonds. The highest BCUT2D eigenvalue weighted by atomic mass is 16.6. The van der Waals surface area contributed by atoms with Gasteiger partial charge < -0.3 is 4.74 Å². The minimum absolute atomic E-state index is 0.0821. The van der Waals surface area contributed by atoms with E-state index in [1.165, 1.54) is 0 Å². The number of carbonyl (C=O) groups is 2. The number of benzene rings is 2. The summed E-state index contributed by atoms with van der Waals surface area (Å²) >= 11 is 0. The average molecular weight is 322 g/mol. The third kappa shape index (κ3) is 3.99. The number of Topliss-reactive ketones (excluding diaryl/α,β-unsaturated/α-hetero) is 1. The van der Waals surface area contributed by atoms with Gasteiger partial charge in [0.05, 0.1) is 5.92 Å². The van der Waals surface area contributed by atoms with E-state index in [9.17, 15) is 9.59 Å². The van der Waals surface area contributed by atoms with E-state index in [1.807, 2.05) is 48.5 Å². The first-order valence-corrected chi connectivity index (χ1v) is 7.86. The van der Waals surface area contributed by atoms with Crippen molar-refractivity contribution in [2.24, 2.45) is 0 Å². The van der Waals surface area contributed by atoms with Gasteiger partial charge in [-0.2, -0.15) is 0 Å². The lowest BCUT2D eigenvalue weighted by Gasteiger charge is -2.33. The molecule has 0 heterocycles. The molecule has 0 aliphatic heterocycles. The molecule has 0 spiro atoms. The predicted octanol–water partition coefficient (Wildman–Crippen LogP) is 4.55. The molecule has 0 fully saturated rings. The Morgan fingerprint density at radius 2 is 1.46 bits per heavy atom. The number of hydrogen-bond acceptors (Lipinski definition) is 3. The molecule has 0 aromatic heterocycles. The van der Waals surface area contributed by atoms with E-state index in [0.29, 0.717) is 11.1 Å². The first kappa shape index (κ1) is 17.7. The van der Waals surface area contributed by atoms with Crippen LogP contribution in [0.5, 0.6) is 0 Å². The summed E-state index contributed by atoms with van der Waals surface area (Å²) in [5, 5.41) is 0. The molecule has 0 radical (unpaired) electrons. The Bertz CT molecular complexity index is 730. The second-order valence-corrected chi connectivity index (χ2v) is 6.35. The van der Waals surface area contributed by atoms with Crippen LogP contribution in [0, 0.1) is 0 Å². The van der Waals surface area contributed by atoms with E-state index < -0.39 is 17.5 Å². The molecule has 0 aliphatic carbocycles. The van der Waals surface area contributed by atoms with Crippen LogP contribution in [0.15, 0.2) is 72.8 Å². The molecule has 3 heteroatoms. The number of ketones is 1. The zero-order valence-corrected chi connectivity index (χ0v) is 14.3. The summed E-state index contributed by atoms with van der Waals surface area (Å²) in [4.78, 5) is 25.1. The van der Waals surface area contributed by atoms with Crippen molar-refractivity contribution in [1.82, 2.24) is 0 Å². The first-order chi connectivity index (χ1) is 11.3. The lowest BCUT2D eigenvalue weighted by molar-refractivity contribution is -0.152. The summed E-state index contributed by atoms with van der Waals surface area (Å²) in [7, 11) is 0. The molecule has 0 N–H and O–H groups in total. The lowest BCUT2D eigenvalue weighted by Crippen LogP contribution is -2.39. The van der Waals surface area contributed by atoms with Gasteiger partial charge >= 0.3 is 5.97 Å². The quantitative estimate of drug-likeness (QED) is 0.445. The molecule has 2 rings (SSSR count). The van der Waals surface area contributed by atoms with Crippen molar-refractivity contribution in [3.63, 3.8) is 0 Å². The van der Waals surface area contributed by atoms with Crippen LogP contribution in [-0.4, -0.2) is 17.4 Å². The van der Waals surface area contributed by atoms with Crippen molar-refractivity contribution < 1.29 is 14.3 Å². The Morgan fingerprint density at radius 1 is 0.958 bits per heavy atom. The number of esters is 1. The maximum atomic E-state index is 13.1. The van der Waals surface area contributed by atoms with E-state index in [1.54, 1.807) is 32.9 Å². The second kappa shape index (κ2) is 7.26. The van der Waals surface area contributed by atoms with Gasteiger partial charge in [-0.05, 0) is 26.3 Å². The van der Waals surface area contributed by atoms with Gasteiger partial charge in [-0.25, -0.2) is 4.79 Å². The van der Waals surface area contributed by atoms with E-state index in [2.05, 4.69) is 6.58 Å². The van der Waals surface area contributed by atoms with E-state index in [0.717, 1.165) is 5.56 Å². The molecule has 124 valence electrons. The second-order valence-electron chi connectivity index (χ2n) is 6.35. The SMILES string of the molecule is C=C(C)C(=O)OC(C)(C)C(C(=O)c1ccccc1)c1ccccc1. The smallest absolute Gasteiger partial charge is 0.333 e. The largest absolute Gasteiger partial charge is 0.455 e. The minimum atomic E-state index is -1.01. The topological polar surface area (TPSA) is 43.4 Å². The van der Waals surface area contributed by atoms with Gasteiger partial charge in [0.15, 0.2) is 5.78 Å². The molecule has 2 aromatic carbocycles. The molecule has 0 bridgehead atoms. The van der Waals surface area contributed by atoms with Crippen molar-refractivity contribution in [1.29, 1.82) is 0 Å². The molecular weight excluding hydrogens is 300 g/mol. The van der Waals surface area contributed by atoms with Crippen LogP contribution in [0.1, 0.15) is 42.6 Å².